The Morgan fingerprint density at radius 2 is 1.68 bits per heavy atom. The van der Waals surface area contributed by atoms with E-state index >= 15 is 0 Å². The number of carbonyl (C=O) groups is 1. The van der Waals surface area contributed by atoms with Crippen molar-refractivity contribution in [2.45, 2.75) is 57.3 Å². The van der Waals surface area contributed by atoms with E-state index in [4.69, 9.17) is 0 Å². The summed E-state index contributed by atoms with van der Waals surface area (Å²) in [7, 11) is 0. The molecule has 1 N–H and O–H groups in total. The largest absolute Gasteiger partial charge is 0.416 e. The zero-order valence-electron chi connectivity index (χ0n) is 17.7. The van der Waals surface area contributed by atoms with Crippen LogP contribution in [-0.4, -0.2) is 59.1 Å². The third kappa shape index (κ3) is 5.19. The van der Waals surface area contributed by atoms with Gasteiger partial charge in [0.05, 0.1) is 24.8 Å². The molecule has 3 rings (SSSR count). The van der Waals surface area contributed by atoms with Crippen molar-refractivity contribution in [3.63, 3.8) is 0 Å². The first kappa shape index (κ1) is 23.9. The second-order valence-electron chi connectivity index (χ2n) is 8.96. The molecule has 4 nitrogen and oxygen atoms in total. The number of aliphatic hydroxyl groups excluding tert-OH is 1. The molecule has 2 fully saturated rings. The number of likely N-dealkylation sites (tertiary alicyclic amines) is 2. The molecule has 1 amide bonds. The van der Waals surface area contributed by atoms with Crippen molar-refractivity contribution in [3.8, 4) is 0 Å². The van der Waals surface area contributed by atoms with Crippen LogP contribution in [0, 0.1) is 11.8 Å². The molecule has 2 heterocycles. The van der Waals surface area contributed by atoms with Gasteiger partial charge in [-0.2, -0.15) is 22.0 Å². The van der Waals surface area contributed by atoms with Crippen molar-refractivity contribution in [1.29, 1.82) is 0 Å². The second-order valence-corrected chi connectivity index (χ2v) is 8.96. The molecule has 2 aliphatic heterocycles. The van der Waals surface area contributed by atoms with E-state index in [1.54, 1.807) is 9.80 Å². The molecule has 0 aliphatic carbocycles. The minimum Gasteiger partial charge on any atom is -0.394 e. The third-order valence-corrected chi connectivity index (χ3v) is 6.52. The summed E-state index contributed by atoms with van der Waals surface area (Å²) in [5.74, 6) is -3.18. The number of hydrogen-bond donors (Lipinski definition) is 1. The Bertz CT molecular complexity index is 766. The number of benzene rings is 1. The van der Waals surface area contributed by atoms with Crippen LogP contribution in [0.3, 0.4) is 0 Å². The fraction of sp³-hybridized carbons (Fsp3) is 0.682. The van der Waals surface area contributed by atoms with Gasteiger partial charge in [-0.1, -0.05) is 26.0 Å². The van der Waals surface area contributed by atoms with Crippen molar-refractivity contribution in [2.24, 2.45) is 11.8 Å². The number of hydrogen-bond acceptors (Lipinski definition) is 3. The lowest BCUT2D eigenvalue weighted by Gasteiger charge is -2.50. The van der Waals surface area contributed by atoms with Crippen molar-refractivity contribution < 1.29 is 31.9 Å². The van der Waals surface area contributed by atoms with Gasteiger partial charge in [-0.15, -0.1) is 0 Å². The number of aliphatic hydroxyl groups is 1. The van der Waals surface area contributed by atoms with E-state index in [1.807, 2.05) is 13.8 Å². The Kier molecular flexibility index (Phi) is 6.96. The maximum absolute atomic E-state index is 14.8. The lowest BCUT2D eigenvalue weighted by molar-refractivity contribution is -0.149. The Morgan fingerprint density at radius 1 is 1.06 bits per heavy atom. The minimum absolute atomic E-state index is 0.00228. The first-order valence-electron chi connectivity index (χ1n) is 10.6. The highest BCUT2D eigenvalue weighted by molar-refractivity contribution is 5.78. The molecule has 0 bridgehead atoms. The van der Waals surface area contributed by atoms with Crippen molar-refractivity contribution in [2.75, 3.05) is 26.2 Å². The summed E-state index contributed by atoms with van der Waals surface area (Å²) in [5.41, 5.74) is -1.40. The van der Waals surface area contributed by atoms with Crippen LogP contribution in [0.15, 0.2) is 24.3 Å². The van der Waals surface area contributed by atoms with Crippen LogP contribution < -0.4 is 0 Å². The number of piperidine rings is 2. The average molecular weight is 448 g/mol. The van der Waals surface area contributed by atoms with Crippen LogP contribution in [0.4, 0.5) is 22.0 Å². The van der Waals surface area contributed by atoms with Gasteiger partial charge in [-0.25, -0.2) is 0 Å². The number of halogens is 5. The van der Waals surface area contributed by atoms with Crippen LogP contribution >= 0.6 is 0 Å². The van der Waals surface area contributed by atoms with Crippen molar-refractivity contribution in [1.82, 2.24) is 9.80 Å². The van der Waals surface area contributed by atoms with E-state index in [1.165, 1.54) is 0 Å². The lowest BCUT2D eigenvalue weighted by atomic mass is 9.81. The Balaban J connectivity index is 1.68. The van der Waals surface area contributed by atoms with Gasteiger partial charge in [-0.3, -0.25) is 9.69 Å². The quantitative estimate of drug-likeness (QED) is 0.666. The molecule has 174 valence electrons. The standard InChI is InChI=1S/C22H29F5N2O2/c1-14(2)19(12-30)29-18-9-10-28(11-15(18)3-8-20(29)31)13-21(23,24)16-4-6-17(7-5-16)22(25,26)27/h4-7,14-15,18-19,30H,3,8-13H2,1-2H3/t15-,18+,19-/m1/s1. The summed E-state index contributed by atoms with van der Waals surface area (Å²) < 4.78 is 67.7. The second kappa shape index (κ2) is 9.02. The van der Waals surface area contributed by atoms with Gasteiger partial charge in [0.15, 0.2) is 0 Å². The number of nitrogens with zero attached hydrogens (tertiary/aromatic N) is 2. The molecule has 0 spiro atoms. The molecular weight excluding hydrogens is 419 g/mol. The molecule has 0 aromatic heterocycles. The van der Waals surface area contributed by atoms with E-state index in [-0.39, 0.29) is 36.4 Å². The summed E-state index contributed by atoms with van der Waals surface area (Å²) in [4.78, 5) is 16.0. The molecule has 9 heteroatoms. The molecular formula is C22H29F5N2O2. The number of alkyl halides is 5. The molecule has 2 saturated heterocycles. The fourth-order valence-electron chi connectivity index (χ4n) is 4.84. The Hall–Kier alpha value is -1.74. The van der Waals surface area contributed by atoms with Crippen LogP contribution in [0.1, 0.15) is 44.2 Å². The van der Waals surface area contributed by atoms with Crippen molar-refractivity contribution in [3.05, 3.63) is 35.4 Å². The maximum Gasteiger partial charge on any atom is 0.416 e. The van der Waals surface area contributed by atoms with Gasteiger partial charge in [0.2, 0.25) is 5.91 Å². The van der Waals surface area contributed by atoms with Gasteiger partial charge in [0, 0.05) is 31.1 Å². The van der Waals surface area contributed by atoms with Crippen LogP contribution in [0.2, 0.25) is 0 Å². The van der Waals surface area contributed by atoms with E-state index in [2.05, 4.69) is 0 Å². The predicted molar refractivity (Wildman–Crippen MR) is 105 cm³/mol. The molecule has 31 heavy (non-hydrogen) atoms. The lowest BCUT2D eigenvalue weighted by Crippen LogP contribution is -2.61. The van der Waals surface area contributed by atoms with Crippen LogP contribution in [0.5, 0.6) is 0 Å². The van der Waals surface area contributed by atoms with E-state index in [0.717, 1.165) is 12.1 Å². The van der Waals surface area contributed by atoms with E-state index < -0.39 is 29.8 Å². The van der Waals surface area contributed by atoms with Crippen LogP contribution in [-0.2, 0) is 16.9 Å². The van der Waals surface area contributed by atoms with Gasteiger partial charge in [0.25, 0.3) is 5.92 Å². The third-order valence-electron chi connectivity index (χ3n) is 6.52. The normalized spacial score (nSPS) is 24.4. The number of rotatable bonds is 6. The molecule has 0 unspecified atom stereocenters. The van der Waals surface area contributed by atoms with Crippen molar-refractivity contribution >= 4 is 5.91 Å². The SMILES string of the molecule is CC(C)[C@@H](CO)N1C(=O)CC[C@@H]2CN(CC(F)(F)c3ccc(C(F)(F)F)cc3)CC[C@@H]21. The van der Waals surface area contributed by atoms with Gasteiger partial charge < -0.3 is 10.0 Å². The smallest absolute Gasteiger partial charge is 0.394 e. The first-order valence-corrected chi connectivity index (χ1v) is 10.6. The summed E-state index contributed by atoms with van der Waals surface area (Å²) in [5, 5.41) is 9.78. The summed E-state index contributed by atoms with van der Waals surface area (Å²) >= 11 is 0. The highest BCUT2D eigenvalue weighted by Crippen LogP contribution is 2.37. The molecule has 0 saturated carbocycles. The van der Waals surface area contributed by atoms with Gasteiger partial charge in [0.1, 0.15) is 0 Å². The molecule has 0 radical (unpaired) electrons. The molecule has 1 aromatic carbocycles. The predicted octanol–water partition coefficient (Wildman–Crippen LogP) is 4.13. The van der Waals surface area contributed by atoms with Crippen LogP contribution in [0.25, 0.3) is 0 Å². The molecule has 3 atom stereocenters. The fourth-order valence-corrected chi connectivity index (χ4v) is 4.84. The average Bonchev–Trinajstić information content (AvgIpc) is 2.69. The highest BCUT2D eigenvalue weighted by Gasteiger charge is 2.44. The summed E-state index contributed by atoms with van der Waals surface area (Å²) in [6.07, 6.45) is -3.10. The molecule has 1 aromatic rings. The topological polar surface area (TPSA) is 43.8 Å². The Labute approximate surface area is 179 Å². The zero-order chi connectivity index (χ0) is 23.0. The van der Waals surface area contributed by atoms with Gasteiger partial charge >= 0.3 is 6.18 Å². The van der Waals surface area contributed by atoms with E-state index in [0.29, 0.717) is 44.5 Å². The summed E-state index contributed by atoms with van der Waals surface area (Å²) in [6.45, 7) is 3.92. The Morgan fingerprint density at radius 3 is 2.23 bits per heavy atom. The van der Waals surface area contributed by atoms with E-state index in [9.17, 15) is 31.9 Å². The number of fused-ring (bicyclic) bond motifs is 1. The summed E-state index contributed by atoms with van der Waals surface area (Å²) in [6, 6.07) is 2.66. The number of amides is 1. The monoisotopic (exact) mass is 448 g/mol. The minimum atomic E-state index is -4.57. The maximum atomic E-state index is 14.8. The highest BCUT2D eigenvalue weighted by atomic mass is 19.4. The molecule has 2 aliphatic rings. The number of carbonyl (C=O) groups excluding carboxylic acids is 1. The first-order chi connectivity index (χ1) is 14.4. The van der Waals surface area contributed by atoms with Gasteiger partial charge in [-0.05, 0) is 36.8 Å². The zero-order valence-corrected chi connectivity index (χ0v) is 17.7.